The maximum absolute atomic E-state index is 11.9. The summed E-state index contributed by atoms with van der Waals surface area (Å²) in [7, 11) is 1.29. The third kappa shape index (κ3) is 7.34. The van der Waals surface area contributed by atoms with Gasteiger partial charge in [0.05, 0.1) is 13.5 Å². The lowest BCUT2D eigenvalue weighted by Gasteiger charge is -2.22. The Bertz CT molecular complexity index is 465. The summed E-state index contributed by atoms with van der Waals surface area (Å²) in [6.07, 6.45) is 0.0793. The Kier molecular flexibility index (Phi) is 6.21. The fraction of sp³-hybridized carbons (Fsp3) is 0.500. The van der Waals surface area contributed by atoms with Crippen LogP contribution in [0.2, 0.25) is 0 Å². The van der Waals surface area contributed by atoms with Crippen LogP contribution < -0.4 is 5.32 Å². The van der Waals surface area contributed by atoms with E-state index in [9.17, 15) is 9.59 Å². The van der Waals surface area contributed by atoms with Gasteiger partial charge in [0.2, 0.25) is 0 Å². The van der Waals surface area contributed by atoms with E-state index in [4.69, 9.17) is 4.74 Å². The van der Waals surface area contributed by atoms with Gasteiger partial charge in [-0.3, -0.25) is 4.79 Å². The van der Waals surface area contributed by atoms with Crippen molar-refractivity contribution in [3.05, 3.63) is 35.9 Å². The van der Waals surface area contributed by atoms with E-state index in [1.54, 1.807) is 0 Å². The predicted octanol–water partition coefficient (Wildman–Crippen LogP) is 2.69. The lowest BCUT2D eigenvalue weighted by molar-refractivity contribution is -0.155. The zero-order valence-electron chi connectivity index (χ0n) is 13.0. The van der Waals surface area contributed by atoms with Gasteiger partial charge in [-0.1, -0.05) is 30.3 Å². The quantitative estimate of drug-likeness (QED) is 0.848. The largest absolute Gasteiger partial charge is 0.460 e. The van der Waals surface area contributed by atoms with Crippen LogP contribution in [0.15, 0.2) is 30.3 Å². The molecule has 0 fully saturated rings. The lowest BCUT2D eigenvalue weighted by Crippen LogP contribution is -2.39. The van der Waals surface area contributed by atoms with Crippen molar-refractivity contribution in [1.82, 2.24) is 5.32 Å². The van der Waals surface area contributed by atoms with Crippen LogP contribution in [-0.4, -0.2) is 30.8 Å². The normalized spacial score (nSPS) is 12.4. The molecule has 0 heterocycles. The Balaban J connectivity index is 2.68. The Morgan fingerprint density at radius 3 is 2.33 bits per heavy atom. The highest BCUT2D eigenvalue weighted by molar-refractivity contribution is 5.73. The van der Waals surface area contributed by atoms with Crippen LogP contribution in [0, 0.1) is 0 Å². The predicted molar refractivity (Wildman–Crippen MR) is 79.9 cm³/mol. The maximum Gasteiger partial charge on any atom is 0.407 e. The minimum atomic E-state index is -0.556. The minimum Gasteiger partial charge on any atom is -0.460 e. The van der Waals surface area contributed by atoms with Gasteiger partial charge >= 0.3 is 12.1 Å². The second-order valence-electron chi connectivity index (χ2n) is 5.81. The molecular formula is C16H23NO4. The molecule has 0 saturated carbocycles. The van der Waals surface area contributed by atoms with E-state index < -0.39 is 11.7 Å². The first-order valence-electron chi connectivity index (χ1n) is 6.90. The summed E-state index contributed by atoms with van der Waals surface area (Å²) in [5.74, 6) is -0.347. The molecule has 1 amide bonds. The van der Waals surface area contributed by atoms with Gasteiger partial charge in [0.25, 0.3) is 0 Å². The van der Waals surface area contributed by atoms with E-state index in [1.165, 1.54) is 7.11 Å². The molecule has 1 unspecified atom stereocenters. The molecule has 0 spiro atoms. The standard InChI is InChI=1S/C16H23NO4/c1-16(2,3)21-14(18)11-13(17-15(19)20-4)10-12-8-6-5-7-9-12/h5-9,13H,10-11H2,1-4H3,(H,17,19). The molecule has 1 atom stereocenters. The summed E-state index contributed by atoms with van der Waals surface area (Å²) < 4.78 is 9.89. The number of alkyl carbamates (subject to hydrolysis) is 1. The lowest BCUT2D eigenvalue weighted by atomic mass is 10.0. The van der Waals surface area contributed by atoms with Gasteiger partial charge in [-0.25, -0.2) is 4.79 Å². The fourth-order valence-corrected chi connectivity index (χ4v) is 1.88. The maximum atomic E-state index is 11.9. The molecule has 0 radical (unpaired) electrons. The smallest absolute Gasteiger partial charge is 0.407 e. The number of carbonyl (C=O) groups is 2. The summed E-state index contributed by atoms with van der Waals surface area (Å²) in [5.41, 5.74) is 0.488. The molecule has 0 aliphatic carbocycles. The number of hydrogen-bond acceptors (Lipinski definition) is 4. The second-order valence-corrected chi connectivity index (χ2v) is 5.81. The third-order valence-electron chi connectivity index (χ3n) is 2.67. The average Bonchev–Trinajstić information content (AvgIpc) is 2.37. The molecular weight excluding hydrogens is 270 g/mol. The second kappa shape index (κ2) is 7.67. The topological polar surface area (TPSA) is 64.6 Å². The van der Waals surface area contributed by atoms with E-state index in [0.717, 1.165) is 5.56 Å². The average molecular weight is 293 g/mol. The van der Waals surface area contributed by atoms with Gasteiger partial charge in [0.15, 0.2) is 0 Å². The van der Waals surface area contributed by atoms with E-state index >= 15 is 0 Å². The van der Waals surface area contributed by atoms with Crippen molar-refractivity contribution in [2.24, 2.45) is 0 Å². The van der Waals surface area contributed by atoms with Crippen LogP contribution >= 0.6 is 0 Å². The number of hydrogen-bond donors (Lipinski definition) is 1. The van der Waals surface area contributed by atoms with Crippen molar-refractivity contribution < 1.29 is 19.1 Å². The van der Waals surface area contributed by atoms with Crippen molar-refractivity contribution in [3.8, 4) is 0 Å². The van der Waals surface area contributed by atoms with Crippen molar-refractivity contribution in [1.29, 1.82) is 0 Å². The Hall–Kier alpha value is -2.04. The minimum absolute atomic E-state index is 0.0985. The van der Waals surface area contributed by atoms with E-state index in [-0.39, 0.29) is 18.4 Å². The van der Waals surface area contributed by atoms with Crippen molar-refractivity contribution in [2.45, 2.75) is 45.3 Å². The van der Waals surface area contributed by atoms with Crippen LogP contribution in [0.4, 0.5) is 4.79 Å². The van der Waals surface area contributed by atoms with Crippen LogP contribution in [0.1, 0.15) is 32.8 Å². The van der Waals surface area contributed by atoms with Crippen molar-refractivity contribution >= 4 is 12.1 Å². The van der Waals surface area contributed by atoms with E-state index in [0.29, 0.717) is 6.42 Å². The van der Waals surface area contributed by atoms with Gasteiger partial charge in [-0.15, -0.1) is 0 Å². The summed E-state index contributed by atoms with van der Waals surface area (Å²) in [6, 6.07) is 9.27. The van der Waals surface area contributed by atoms with Crippen LogP contribution in [-0.2, 0) is 20.7 Å². The van der Waals surface area contributed by atoms with Crippen molar-refractivity contribution in [2.75, 3.05) is 7.11 Å². The monoisotopic (exact) mass is 293 g/mol. The van der Waals surface area contributed by atoms with Crippen LogP contribution in [0.25, 0.3) is 0 Å². The number of benzene rings is 1. The molecule has 116 valence electrons. The van der Waals surface area contributed by atoms with E-state index in [1.807, 2.05) is 51.1 Å². The number of esters is 1. The zero-order valence-corrected chi connectivity index (χ0v) is 13.0. The number of methoxy groups -OCH3 is 1. The molecule has 5 heteroatoms. The molecule has 0 saturated heterocycles. The Morgan fingerprint density at radius 1 is 1.19 bits per heavy atom. The first-order valence-corrected chi connectivity index (χ1v) is 6.90. The summed E-state index contributed by atoms with van der Waals surface area (Å²) in [6.45, 7) is 5.43. The van der Waals surface area contributed by atoms with Gasteiger partial charge in [-0.2, -0.15) is 0 Å². The molecule has 1 rings (SSSR count). The number of nitrogens with one attached hydrogen (secondary N) is 1. The van der Waals surface area contributed by atoms with Gasteiger partial charge in [0.1, 0.15) is 5.60 Å². The fourth-order valence-electron chi connectivity index (χ4n) is 1.88. The molecule has 0 aromatic heterocycles. The number of ether oxygens (including phenoxy) is 2. The number of rotatable bonds is 5. The summed E-state index contributed by atoms with van der Waals surface area (Å²) in [4.78, 5) is 23.3. The summed E-state index contributed by atoms with van der Waals surface area (Å²) in [5, 5.41) is 2.67. The van der Waals surface area contributed by atoms with Gasteiger partial charge in [-0.05, 0) is 32.8 Å². The SMILES string of the molecule is COC(=O)NC(CC(=O)OC(C)(C)C)Cc1ccccc1. The highest BCUT2D eigenvalue weighted by Gasteiger charge is 2.22. The molecule has 1 aromatic rings. The first-order chi connectivity index (χ1) is 9.80. The van der Waals surface area contributed by atoms with Crippen LogP contribution in [0.3, 0.4) is 0 Å². The van der Waals surface area contributed by atoms with Crippen molar-refractivity contribution in [3.63, 3.8) is 0 Å². The zero-order chi connectivity index (χ0) is 15.9. The number of carbonyl (C=O) groups excluding carboxylic acids is 2. The molecule has 21 heavy (non-hydrogen) atoms. The van der Waals surface area contributed by atoms with Crippen LogP contribution in [0.5, 0.6) is 0 Å². The molecule has 1 aromatic carbocycles. The Labute approximate surface area is 125 Å². The molecule has 0 bridgehead atoms. The molecule has 0 aliphatic heterocycles. The highest BCUT2D eigenvalue weighted by Crippen LogP contribution is 2.12. The molecule has 1 N–H and O–H groups in total. The van der Waals surface area contributed by atoms with Gasteiger partial charge in [0, 0.05) is 6.04 Å². The molecule has 0 aliphatic rings. The first kappa shape index (κ1) is 17.0. The summed E-state index contributed by atoms with van der Waals surface area (Å²) >= 11 is 0. The Morgan fingerprint density at radius 2 is 1.81 bits per heavy atom. The van der Waals surface area contributed by atoms with Gasteiger partial charge < -0.3 is 14.8 Å². The highest BCUT2D eigenvalue weighted by atomic mass is 16.6. The third-order valence-corrected chi connectivity index (χ3v) is 2.67. The molecule has 5 nitrogen and oxygen atoms in total. The van der Waals surface area contributed by atoms with E-state index in [2.05, 4.69) is 10.1 Å². The number of amides is 1.